The van der Waals surface area contributed by atoms with E-state index in [1.54, 1.807) is 75.4 Å². The minimum Gasteiger partial charge on any atom is -0.493 e. The first-order chi connectivity index (χ1) is 20.3. The van der Waals surface area contributed by atoms with Gasteiger partial charge in [0.15, 0.2) is 0 Å². The van der Waals surface area contributed by atoms with Gasteiger partial charge in [0, 0.05) is 23.4 Å². The largest absolute Gasteiger partial charge is 0.493 e. The predicted octanol–water partition coefficient (Wildman–Crippen LogP) is 8.30. The highest BCUT2D eigenvalue weighted by Crippen LogP contribution is 2.32. The highest BCUT2D eigenvalue weighted by molar-refractivity contribution is 6.08. The maximum absolute atomic E-state index is 13.2. The molecule has 0 aliphatic rings. The van der Waals surface area contributed by atoms with Crippen LogP contribution < -0.4 is 15.4 Å². The van der Waals surface area contributed by atoms with Gasteiger partial charge in [0.1, 0.15) is 17.2 Å². The van der Waals surface area contributed by atoms with Crippen molar-refractivity contribution in [3.8, 4) is 16.9 Å². The summed E-state index contributed by atoms with van der Waals surface area (Å²) >= 11 is 0. The molecule has 2 amide bonds. The minimum atomic E-state index is -4.44. The quantitative estimate of drug-likeness (QED) is 0.215. The van der Waals surface area contributed by atoms with Crippen molar-refractivity contribution in [3.05, 3.63) is 107 Å². The van der Waals surface area contributed by atoms with E-state index in [4.69, 9.17) is 9.47 Å². The van der Waals surface area contributed by atoms with Crippen LogP contribution in [0.2, 0.25) is 0 Å². The summed E-state index contributed by atoms with van der Waals surface area (Å²) in [6.07, 6.45) is -4.54. The lowest BCUT2D eigenvalue weighted by Gasteiger charge is -2.19. The number of carbonyl (C=O) groups is 2. The smallest absolute Gasteiger partial charge is 0.416 e. The first-order valence-corrected chi connectivity index (χ1v) is 13.6. The summed E-state index contributed by atoms with van der Waals surface area (Å²) in [7, 11) is 0. The third-order valence-electron chi connectivity index (χ3n) is 6.12. The number of alkyl halides is 3. The number of pyridine rings is 1. The Morgan fingerprint density at radius 3 is 2.21 bits per heavy atom. The summed E-state index contributed by atoms with van der Waals surface area (Å²) < 4.78 is 50.1. The number of halogens is 3. The summed E-state index contributed by atoms with van der Waals surface area (Å²) in [5.41, 5.74) is 2.09. The van der Waals surface area contributed by atoms with E-state index in [2.05, 4.69) is 15.6 Å². The van der Waals surface area contributed by atoms with Crippen LogP contribution in [0.4, 0.5) is 29.5 Å². The van der Waals surface area contributed by atoms with Crippen molar-refractivity contribution in [1.82, 2.24) is 4.98 Å². The third kappa shape index (κ3) is 9.06. The highest BCUT2D eigenvalue weighted by atomic mass is 19.4. The van der Waals surface area contributed by atoms with E-state index < -0.39 is 29.3 Å². The number of carbonyl (C=O) groups excluding carboxylic acids is 2. The SMILES string of the molecule is Cc1ccc(-c2ccc(C(F)(F)F)cc2)c(C(=O)Nc2ccc(OCCc3cccc(NC(=O)OC(C)(C)C)n3)cc2)c1. The van der Waals surface area contributed by atoms with Crippen molar-refractivity contribution in [2.75, 3.05) is 17.2 Å². The lowest BCUT2D eigenvalue weighted by Crippen LogP contribution is -2.27. The van der Waals surface area contributed by atoms with Crippen LogP contribution in [0.5, 0.6) is 5.75 Å². The van der Waals surface area contributed by atoms with Crippen LogP contribution in [0.25, 0.3) is 11.1 Å². The minimum absolute atomic E-state index is 0.328. The van der Waals surface area contributed by atoms with Crippen LogP contribution in [-0.4, -0.2) is 29.2 Å². The molecule has 1 heterocycles. The van der Waals surface area contributed by atoms with E-state index in [1.165, 1.54) is 12.1 Å². The lowest BCUT2D eigenvalue weighted by atomic mass is 9.96. The number of aromatic nitrogens is 1. The van der Waals surface area contributed by atoms with E-state index in [-0.39, 0.29) is 0 Å². The Morgan fingerprint density at radius 2 is 1.56 bits per heavy atom. The molecule has 0 atom stereocenters. The average Bonchev–Trinajstić information content (AvgIpc) is 2.93. The van der Waals surface area contributed by atoms with E-state index in [0.29, 0.717) is 47.0 Å². The van der Waals surface area contributed by atoms with Gasteiger partial charge in [0.2, 0.25) is 0 Å². The fourth-order valence-electron chi connectivity index (χ4n) is 4.14. The van der Waals surface area contributed by atoms with Crippen LogP contribution in [0, 0.1) is 6.92 Å². The van der Waals surface area contributed by atoms with Gasteiger partial charge in [-0.1, -0.05) is 35.9 Å². The third-order valence-corrected chi connectivity index (χ3v) is 6.12. The lowest BCUT2D eigenvalue weighted by molar-refractivity contribution is -0.137. The predicted molar refractivity (Wildman–Crippen MR) is 159 cm³/mol. The molecule has 4 rings (SSSR count). The average molecular weight is 592 g/mol. The van der Waals surface area contributed by atoms with Gasteiger partial charge in [-0.15, -0.1) is 0 Å². The van der Waals surface area contributed by atoms with Gasteiger partial charge in [0.25, 0.3) is 5.91 Å². The van der Waals surface area contributed by atoms with Crippen LogP contribution >= 0.6 is 0 Å². The molecule has 224 valence electrons. The number of aryl methyl sites for hydroxylation is 1. The summed E-state index contributed by atoms with van der Waals surface area (Å²) in [5, 5.41) is 5.46. The van der Waals surface area contributed by atoms with Crippen LogP contribution in [0.3, 0.4) is 0 Å². The monoisotopic (exact) mass is 591 g/mol. The van der Waals surface area contributed by atoms with Gasteiger partial charge in [-0.2, -0.15) is 13.2 Å². The van der Waals surface area contributed by atoms with Gasteiger partial charge in [-0.05, 0) is 93.4 Å². The number of rotatable bonds is 8. The van der Waals surface area contributed by atoms with Crippen LogP contribution in [-0.2, 0) is 17.3 Å². The van der Waals surface area contributed by atoms with Gasteiger partial charge in [-0.25, -0.2) is 9.78 Å². The Bertz CT molecular complexity index is 1580. The van der Waals surface area contributed by atoms with Gasteiger partial charge in [-0.3, -0.25) is 10.1 Å². The number of nitrogens with one attached hydrogen (secondary N) is 2. The van der Waals surface area contributed by atoms with E-state index >= 15 is 0 Å². The van der Waals surface area contributed by atoms with Crippen molar-refractivity contribution < 1.29 is 32.2 Å². The maximum Gasteiger partial charge on any atom is 0.416 e. The number of nitrogens with zero attached hydrogens (tertiary/aromatic N) is 1. The molecule has 10 heteroatoms. The zero-order valence-electron chi connectivity index (χ0n) is 24.2. The summed E-state index contributed by atoms with van der Waals surface area (Å²) in [6, 6.07) is 22.1. The second-order valence-corrected chi connectivity index (χ2v) is 10.8. The van der Waals surface area contributed by atoms with Crippen molar-refractivity contribution in [2.45, 2.75) is 45.9 Å². The summed E-state index contributed by atoms with van der Waals surface area (Å²) in [6.45, 7) is 7.50. The summed E-state index contributed by atoms with van der Waals surface area (Å²) in [5.74, 6) is 0.571. The second-order valence-electron chi connectivity index (χ2n) is 10.8. The molecule has 0 unspecified atom stereocenters. The number of hydrogen-bond acceptors (Lipinski definition) is 5. The normalized spacial score (nSPS) is 11.5. The number of anilines is 2. The molecule has 1 aromatic heterocycles. The Labute approximate surface area is 248 Å². The van der Waals surface area contributed by atoms with Crippen LogP contribution in [0.1, 0.15) is 48.0 Å². The van der Waals surface area contributed by atoms with Crippen molar-refractivity contribution >= 4 is 23.5 Å². The topological polar surface area (TPSA) is 89.6 Å². The molecule has 0 spiro atoms. The Kier molecular flexibility index (Phi) is 9.38. The van der Waals surface area contributed by atoms with Gasteiger partial charge in [0.05, 0.1) is 12.2 Å². The Balaban J connectivity index is 1.35. The molecule has 0 aliphatic carbocycles. The fraction of sp³-hybridized carbons (Fsp3) is 0.242. The zero-order chi connectivity index (χ0) is 31.2. The molecule has 0 saturated carbocycles. The number of benzene rings is 3. The molecule has 7 nitrogen and oxygen atoms in total. The molecule has 0 radical (unpaired) electrons. The molecular formula is C33H32F3N3O4. The standard InChI is InChI=1S/C33H32F3N3O4/c1-21-8-17-27(22-9-11-23(12-10-22)33(34,35)36)28(20-21)30(40)38-25-13-15-26(16-14-25)42-19-18-24-6-5-7-29(37-24)39-31(41)43-32(2,3)4/h5-17,20H,18-19H2,1-4H3,(H,38,40)(H,37,39,41). The molecule has 43 heavy (non-hydrogen) atoms. The highest BCUT2D eigenvalue weighted by Gasteiger charge is 2.30. The van der Waals surface area contributed by atoms with E-state index in [9.17, 15) is 22.8 Å². The molecule has 3 aromatic carbocycles. The molecule has 0 aliphatic heterocycles. The molecule has 0 fully saturated rings. The first kappa shape index (κ1) is 31.1. The maximum atomic E-state index is 13.2. The molecular weight excluding hydrogens is 559 g/mol. The first-order valence-electron chi connectivity index (χ1n) is 13.6. The van der Waals surface area contributed by atoms with E-state index in [1.807, 2.05) is 13.0 Å². The second kappa shape index (κ2) is 13.0. The molecule has 2 N–H and O–H groups in total. The Morgan fingerprint density at radius 1 is 0.860 bits per heavy atom. The number of amides is 2. The molecule has 0 bridgehead atoms. The number of hydrogen-bond donors (Lipinski definition) is 2. The van der Waals surface area contributed by atoms with Crippen molar-refractivity contribution in [3.63, 3.8) is 0 Å². The summed E-state index contributed by atoms with van der Waals surface area (Å²) in [4.78, 5) is 29.6. The van der Waals surface area contributed by atoms with Crippen LogP contribution in [0.15, 0.2) is 84.9 Å². The van der Waals surface area contributed by atoms with Crippen molar-refractivity contribution in [1.29, 1.82) is 0 Å². The van der Waals surface area contributed by atoms with Gasteiger partial charge < -0.3 is 14.8 Å². The molecule has 0 saturated heterocycles. The van der Waals surface area contributed by atoms with Gasteiger partial charge >= 0.3 is 12.3 Å². The van der Waals surface area contributed by atoms with Crippen molar-refractivity contribution in [2.24, 2.45) is 0 Å². The van der Waals surface area contributed by atoms with E-state index in [0.717, 1.165) is 23.4 Å². The zero-order valence-corrected chi connectivity index (χ0v) is 24.2. The Hall–Kier alpha value is -4.86. The number of ether oxygens (including phenoxy) is 2. The fourth-order valence-corrected chi connectivity index (χ4v) is 4.14. The molecule has 4 aromatic rings.